The van der Waals surface area contributed by atoms with Gasteiger partial charge in [-0.3, -0.25) is 0 Å². The first-order valence-electron chi connectivity index (χ1n) is 5.45. The average molecular weight is 261 g/mol. The van der Waals surface area contributed by atoms with Crippen molar-refractivity contribution >= 4 is 10.0 Å². The topological polar surface area (TPSA) is 70.8 Å². The van der Waals surface area contributed by atoms with Gasteiger partial charge in [0.1, 0.15) is 23.0 Å². The maximum absolute atomic E-state index is 12.2. The highest BCUT2D eigenvalue weighted by molar-refractivity contribution is 7.89. The lowest BCUT2D eigenvalue weighted by atomic mass is 10.2. The lowest BCUT2D eigenvalue weighted by Crippen LogP contribution is -2.30. The van der Waals surface area contributed by atoms with Crippen molar-refractivity contribution in [2.45, 2.75) is 32.3 Å². The molecule has 0 spiro atoms. The van der Waals surface area contributed by atoms with Crippen LogP contribution in [0, 0.1) is 12.8 Å². The number of hydrogen-bond acceptors (Lipinski definition) is 4. The highest BCUT2D eigenvalue weighted by Gasteiger charge is 2.26. The van der Waals surface area contributed by atoms with Crippen molar-refractivity contribution in [3.8, 4) is 0 Å². The number of aliphatic hydroxyl groups excluding tert-OH is 1. The SMILES string of the molecule is Cc1oc(CO)cc1S(=O)(=O)N(C)CC(C)C. The van der Waals surface area contributed by atoms with Gasteiger partial charge in [-0.2, -0.15) is 0 Å². The molecule has 0 aromatic carbocycles. The smallest absolute Gasteiger partial charge is 0.246 e. The number of rotatable bonds is 5. The van der Waals surface area contributed by atoms with Gasteiger partial charge < -0.3 is 9.52 Å². The second-order valence-corrected chi connectivity index (χ2v) is 6.48. The first-order chi connectivity index (χ1) is 7.78. The summed E-state index contributed by atoms with van der Waals surface area (Å²) in [5, 5.41) is 8.92. The minimum Gasteiger partial charge on any atom is -0.462 e. The Balaban J connectivity index is 3.08. The Hall–Kier alpha value is -0.850. The van der Waals surface area contributed by atoms with E-state index in [1.807, 2.05) is 13.8 Å². The van der Waals surface area contributed by atoms with Crippen LogP contribution in [0.5, 0.6) is 0 Å². The molecular formula is C11H19NO4S. The molecule has 0 aliphatic heterocycles. The van der Waals surface area contributed by atoms with Crippen molar-refractivity contribution in [1.29, 1.82) is 0 Å². The second-order valence-electron chi connectivity index (χ2n) is 4.47. The van der Waals surface area contributed by atoms with Crippen LogP contribution in [0.25, 0.3) is 0 Å². The van der Waals surface area contributed by atoms with Crippen LogP contribution in [0.1, 0.15) is 25.4 Å². The fourth-order valence-electron chi connectivity index (χ4n) is 1.64. The molecular weight excluding hydrogens is 242 g/mol. The largest absolute Gasteiger partial charge is 0.462 e. The van der Waals surface area contributed by atoms with Gasteiger partial charge in [-0.05, 0) is 12.8 Å². The first-order valence-corrected chi connectivity index (χ1v) is 6.89. The Morgan fingerprint density at radius 2 is 2.06 bits per heavy atom. The molecule has 0 bridgehead atoms. The highest BCUT2D eigenvalue weighted by Crippen LogP contribution is 2.23. The third kappa shape index (κ3) is 3.08. The van der Waals surface area contributed by atoms with Crippen molar-refractivity contribution in [3.05, 3.63) is 17.6 Å². The molecule has 0 saturated heterocycles. The summed E-state index contributed by atoms with van der Waals surface area (Å²) in [6.07, 6.45) is 0. The van der Waals surface area contributed by atoms with Crippen LogP contribution in [0.4, 0.5) is 0 Å². The van der Waals surface area contributed by atoms with Crippen LogP contribution in [-0.2, 0) is 16.6 Å². The second kappa shape index (κ2) is 5.20. The van der Waals surface area contributed by atoms with E-state index in [1.165, 1.54) is 10.4 Å². The van der Waals surface area contributed by atoms with E-state index in [1.54, 1.807) is 14.0 Å². The van der Waals surface area contributed by atoms with Gasteiger partial charge in [-0.1, -0.05) is 13.8 Å². The molecule has 0 aliphatic carbocycles. The Labute approximate surface area is 102 Å². The Kier molecular flexibility index (Phi) is 4.35. The zero-order valence-corrected chi connectivity index (χ0v) is 11.4. The molecule has 0 atom stereocenters. The molecule has 17 heavy (non-hydrogen) atoms. The molecule has 0 unspecified atom stereocenters. The fourth-order valence-corrected chi connectivity index (χ4v) is 3.15. The van der Waals surface area contributed by atoms with Gasteiger partial charge in [0.05, 0.1) is 0 Å². The number of sulfonamides is 1. The average Bonchev–Trinajstić information content (AvgIpc) is 2.59. The van der Waals surface area contributed by atoms with Crippen LogP contribution < -0.4 is 0 Å². The molecule has 0 saturated carbocycles. The standard InChI is InChI=1S/C11H19NO4S/c1-8(2)6-12(4)17(14,15)11-5-10(7-13)16-9(11)3/h5,8,13H,6-7H2,1-4H3. The molecule has 0 fully saturated rings. The molecule has 1 aromatic rings. The van der Waals surface area contributed by atoms with Gasteiger partial charge in [0, 0.05) is 19.7 Å². The Bertz CT molecular complexity index is 476. The summed E-state index contributed by atoms with van der Waals surface area (Å²) in [5.41, 5.74) is 0. The molecule has 1 heterocycles. The lowest BCUT2D eigenvalue weighted by molar-refractivity contribution is 0.244. The number of aliphatic hydroxyl groups is 1. The molecule has 0 amide bonds. The molecule has 0 aliphatic rings. The normalized spacial score (nSPS) is 12.6. The summed E-state index contributed by atoms with van der Waals surface area (Å²) in [5.74, 6) is 0.822. The van der Waals surface area contributed by atoms with Crippen molar-refractivity contribution < 1.29 is 17.9 Å². The van der Waals surface area contributed by atoms with Gasteiger partial charge in [-0.15, -0.1) is 0 Å². The first kappa shape index (κ1) is 14.2. The van der Waals surface area contributed by atoms with Gasteiger partial charge in [0.15, 0.2) is 0 Å². The van der Waals surface area contributed by atoms with E-state index < -0.39 is 10.0 Å². The monoisotopic (exact) mass is 261 g/mol. The maximum atomic E-state index is 12.2. The molecule has 0 radical (unpaired) electrons. The third-order valence-electron chi connectivity index (χ3n) is 2.39. The molecule has 98 valence electrons. The predicted octanol–water partition coefficient (Wildman–Crippen LogP) is 1.36. The van der Waals surface area contributed by atoms with Gasteiger partial charge in [-0.25, -0.2) is 12.7 Å². The van der Waals surface area contributed by atoms with Crippen molar-refractivity contribution in [2.24, 2.45) is 5.92 Å². The van der Waals surface area contributed by atoms with E-state index in [9.17, 15) is 8.42 Å². The van der Waals surface area contributed by atoms with Crippen LogP contribution in [0.15, 0.2) is 15.4 Å². The summed E-state index contributed by atoms with van der Waals surface area (Å²) in [7, 11) is -1.98. The van der Waals surface area contributed by atoms with Crippen LogP contribution in [0.3, 0.4) is 0 Å². The fraction of sp³-hybridized carbons (Fsp3) is 0.636. The number of aryl methyl sites for hydroxylation is 1. The number of furan rings is 1. The molecule has 6 heteroatoms. The summed E-state index contributed by atoms with van der Waals surface area (Å²) in [4.78, 5) is 0.129. The Morgan fingerprint density at radius 1 is 1.47 bits per heavy atom. The van der Waals surface area contributed by atoms with Crippen molar-refractivity contribution in [1.82, 2.24) is 4.31 Å². The summed E-state index contributed by atoms with van der Waals surface area (Å²) < 4.78 is 30.9. The highest BCUT2D eigenvalue weighted by atomic mass is 32.2. The molecule has 1 N–H and O–H groups in total. The summed E-state index contributed by atoms with van der Waals surface area (Å²) >= 11 is 0. The number of hydrogen-bond donors (Lipinski definition) is 1. The lowest BCUT2D eigenvalue weighted by Gasteiger charge is -2.18. The predicted molar refractivity (Wildman–Crippen MR) is 64.0 cm³/mol. The van der Waals surface area contributed by atoms with E-state index in [2.05, 4.69) is 0 Å². The summed E-state index contributed by atoms with van der Waals surface area (Å²) in [6.45, 7) is 5.63. The van der Waals surface area contributed by atoms with Gasteiger partial charge in [0.25, 0.3) is 0 Å². The third-order valence-corrected chi connectivity index (χ3v) is 4.32. The zero-order chi connectivity index (χ0) is 13.2. The van der Waals surface area contributed by atoms with E-state index in [0.717, 1.165) is 0 Å². The molecule has 1 rings (SSSR count). The zero-order valence-electron chi connectivity index (χ0n) is 10.6. The minimum absolute atomic E-state index is 0.129. The van der Waals surface area contributed by atoms with E-state index >= 15 is 0 Å². The van der Waals surface area contributed by atoms with Crippen molar-refractivity contribution in [2.75, 3.05) is 13.6 Å². The van der Waals surface area contributed by atoms with Crippen LogP contribution in [-0.4, -0.2) is 31.4 Å². The van der Waals surface area contributed by atoms with E-state index in [0.29, 0.717) is 12.3 Å². The maximum Gasteiger partial charge on any atom is 0.246 e. The van der Waals surface area contributed by atoms with Crippen molar-refractivity contribution in [3.63, 3.8) is 0 Å². The Morgan fingerprint density at radius 3 is 2.47 bits per heavy atom. The van der Waals surface area contributed by atoms with Gasteiger partial charge >= 0.3 is 0 Å². The molecule has 5 nitrogen and oxygen atoms in total. The summed E-state index contributed by atoms with van der Waals surface area (Å²) in [6, 6.07) is 1.38. The molecule has 1 aromatic heterocycles. The van der Waals surface area contributed by atoms with Crippen LogP contribution in [0.2, 0.25) is 0 Å². The van der Waals surface area contributed by atoms with Gasteiger partial charge in [0.2, 0.25) is 10.0 Å². The quantitative estimate of drug-likeness (QED) is 0.868. The van der Waals surface area contributed by atoms with E-state index in [4.69, 9.17) is 9.52 Å². The van der Waals surface area contributed by atoms with E-state index in [-0.39, 0.29) is 23.2 Å². The minimum atomic E-state index is -3.53. The van der Waals surface area contributed by atoms with Crippen LogP contribution >= 0.6 is 0 Å². The number of nitrogens with zero attached hydrogens (tertiary/aromatic N) is 1.